The molecule has 0 fully saturated rings. The van der Waals surface area contributed by atoms with Gasteiger partial charge in [0.15, 0.2) is 6.10 Å². The van der Waals surface area contributed by atoms with Crippen molar-refractivity contribution in [2.75, 3.05) is 0 Å². The highest BCUT2D eigenvalue weighted by Gasteiger charge is 2.16. The maximum absolute atomic E-state index is 10.9. The molecule has 0 spiro atoms. The molecule has 0 amide bonds. The number of hydrogen-bond acceptors (Lipinski definition) is 3. The first-order valence-corrected chi connectivity index (χ1v) is 6.77. The number of aromatic nitrogens is 1. The number of rotatable bonds is 6. The lowest BCUT2D eigenvalue weighted by molar-refractivity contribution is -0.145. The van der Waals surface area contributed by atoms with E-state index < -0.39 is 12.1 Å². The molecule has 1 unspecified atom stereocenters. The van der Waals surface area contributed by atoms with Crippen LogP contribution in [0, 0.1) is 0 Å². The van der Waals surface area contributed by atoms with Gasteiger partial charge in [0.2, 0.25) is 0 Å². The molecule has 0 aliphatic heterocycles. The molecule has 0 saturated heterocycles. The summed E-state index contributed by atoms with van der Waals surface area (Å²) in [7, 11) is 0. The van der Waals surface area contributed by atoms with E-state index in [9.17, 15) is 4.79 Å². The van der Waals surface area contributed by atoms with Gasteiger partial charge in [-0.25, -0.2) is 4.79 Å². The fourth-order valence-corrected chi connectivity index (χ4v) is 1.79. The Bertz CT molecular complexity index is 606. The van der Waals surface area contributed by atoms with Crippen LogP contribution in [-0.4, -0.2) is 22.2 Å². The van der Waals surface area contributed by atoms with Crippen LogP contribution in [0.25, 0.3) is 12.2 Å². The summed E-state index contributed by atoms with van der Waals surface area (Å²) in [6.07, 6.45) is 5.23. The Balaban J connectivity index is 2.02. The number of pyridine rings is 1. The number of carboxylic acids is 1. The smallest absolute Gasteiger partial charge is 0.344 e. The lowest BCUT2D eigenvalue weighted by Gasteiger charge is -2.12. The van der Waals surface area contributed by atoms with E-state index in [1.165, 1.54) is 0 Å². The minimum Gasteiger partial charge on any atom is -0.479 e. The number of nitrogens with zero attached hydrogens (tertiary/aromatic N) is 1. The third kappa shape index (κ3) is 4.45. The number of benzene rings is 1. The molecule has 0 aliphatic carbocycles. The van der Waals surface area contributed by atoms with E-state index in [1.807, 2.05) is 42.5 Å². The summed E-state index contributed by atoms with van der Waals surface area (Å²) in [6.45, 7) is 1.78. The maximum atomic E-state index is 10.9. The number of hydrogen-bond donors (Lipinski definition) is 1. The van der Waals surface area contributed by atoms with Gasteiger partial charge in [0.05, 0.1) is 5.69 Å². The molecule has 21 heavy (non-hydrogen) atoms. The lowest BCUT2D eigenvalue weighted by Crippen LogP contribution is -2.25. The molecular weight excluding hydrogens is 266 g/mol. The quantitative estimate of drug-likeness (QED) is 0.881. The molecule has 1 atom stereocenters. The Labute approximate surface area is 123 Å². The van der Waals surface area contributed by atoms with Gasteiger partial charge in [-0.1, -0.05) is 31.2 Å². The summed E-state index contributed by atoms with van der Waals surface area (Å²) in [5.41, 5.74) is 1.88. The van der Waals surface area contributed by atoms with Crippen molar-refractivity contribution in [3.05, 3.63) is 59.9 Å². The zero-order valence-electron chi connectivity index (χ0n) is 11.8. The van der Waals surface area contributed by atoms with E-state index in [1.54, 1.807) is 25.3 Å². The average Bonchev–Trinajstić information content (AvgIpc) is 2.52. The Hall–Kier alpha value is -2.62. The van der Waals surface area contributed by atoms with Crippen molar-refractivity contribution in [3.8, 4) is 5.75 Å². The van der Waals surface area contributed by atoms with Gasteiger partial charge in [-0.15, -0.1) is 0 Å². The normalized spacial score (nSPS) is 12.2. The fraction of sp³-hybridized carbons (Fsp3) is 0.176. The van der Waals surface area contributed by atoms with Gasteiger partial charge in [-0.05, 0) is 42.3 Å². The highest BCUT2D eigenvalue weighted by Crippen LogP contribution is 2.16. The van der Waals surface area contributed by atoms with Gasteiger partial charge in [-0.3, -0.25) is 4.98 Å². The van der Waals surface area contributed by atoms with Gasteiger partial charge in [0.25, 0.3) is 0 Å². The first-order chi connectivity index (χ1) is 10.2. The first kappa shape index (κ1) is 14.8. The second kappa shape index (κ2) is 7.24. The molecule has 1 heterocycles. The molecule has 1 aromatic carbocycles. The molecule has 0 bridgehead atoms. The fourth-order valence-electron chi connectivity index (χ4n) is 1.79. The molecule has 2 rings (SSSR count). The van der Waals surface area contributed by atoms with Crippen molar-refractivity contribution in [1.29, 1.82) is 0 Å². The molecule has 4 heteroatoms. The summed E-state index contributed by atoms with van der Waals surface area (Å²) >= 11 is 0. The van der Waals surface area contributed by atoms with Crippen molar-refractivity contribution >= 4 is 18.1 Å². The van der Waals surface area contributed by atoms with Gasteiger partial charge in [0, 0.05) is 6.20 Å². The lowest BCUT2D eigenvalue weighted by atomic mass is 10.2. The highest BCUT2D eigenvalue weighted by atomic mass is 16.5. The number of carboxylic acid groups (broad SMARTS) is 1. The summed E-state index contributed by atoms with van der Waals surface area (Å²) < 4.78 is 5.41. The largest absolute Gasteiger partial charge is 0.479 e. The number of ether oxygens (including phenoxy) is 1. The molecular formula is C17H17NO3. The average molecular weight is 283 g/mol. The molecule has 0 saturated carbocycles. The molecule has 4 nitrogen and oxygen atoms in total. The van der Waals surface area contributed by atoms with Crippen LogP contribution in [0.2, 0.25) is 0 Å². The van der Waals surface area contributed by atoms with E-state index in [0.29, 0.717) is 12.2 Å². The second-order valence-corrected chi connectivity index (χ2v) is 4.51. The van der Waals surface area contributed by atoms with Crippen molar-refractivity contribution in [2.24, 2.45) is 0 Å². The van der Waals surface area contributed by atoms with E-state index in [4.69, 9.17) is 9.84 Å². The van der Waals surface area contributed by atoms with Crippen LogP contribution in [0.15, 0.2) is 48.7 Å². The number of aliphatic carboxylic acids is 1. The standard InChI is InChI=1S/C17H17NO3/c1-2-16(17(19)20)21-15-10-7-13(8-11-15)6-9-14-5-3-4-12-18-14/h3-12,16H,2H2,1H3,(H,19,20)/b9-6+. The Kier molecular flexibility index (Phi) is 5.10. The van der Waals surface area contributed by atoms with Crippen molar-refractivity contribution in [3.63, 3.8) is 0 Å². The minimum absolute atomic E-state index is 0.427. The summed E-state index contributed by atoms with van der Waals surface area (Å²) in [6, 6.07) is 13.0. The van der Waals surface area contributed by atoms with E-state index in [-0.39, 0.29) is 0 Å². The van der Waals surface area contributed by atoms with Crippen LogP contribution in [0.4, 0.5) is 0 Å². The minimum atomic E-state index is -0.948. The maximum Gasteiger partial charge on any atom is 0.344 e. The van der Waals surface area contributed by atoms with Crippen LogP contribution in [0.3, 0.4) is 0 Å². The monoisotopic (exact) mass is 283 g/mol. The highest BCUT2D eigenvalue weighted by molar-refractivity contribution is 5.72. The third-order valence-corrected chi connectivity index (χ3v) is 2.94. The predicted molar refractivity (Wildman–Crippen MR) is 81.9 cm³/mol. The van der Waals surface area contributed by atoms with Crippen LogP contribution in [0.5, 0.6) is 5.75 Å². The molecule has 0 radical (unpaired) electrons. The zero-order chi connectivity index (χ0) is 15.1. The molecule has 2 aromatic rings. The van der Waals surface area contributed by atoms with Gasteiger partial charge in [-0.2, -0.15) is 0 Å². The van der Waals surface area contributed by atoms with Crippen molar-refractivity contribution < 1.29 is 14.6 Å². The topological polar surface area (TPSA) is 59.4 Å². The van der Waals surface area contributed by atoms with Crippen molar-refractivity contribution in [1.82, 2.24) is 4.98 Å². The van der Waals surface area contributed by atoms with Crippen LogP contribution in [-0.2, 0) is 4.79 Å². The molecule has 0 aliphatic rings. The third-order valence-electron chi connectivity index (χ3n) is 2.94. The summed E-state index contributed by atoms with van der Waals surface area (Å²) in [4.78, 5) is 15.1. The Morgan fingerprint density at radius 2 is 2.00 bits per heavy atom. The summed E-state index contributed by atoms with van der Waals surface area (Å²) in [5.74, 6) is -0.393. The Morgan fingerprint density at radius 3 is 2.57 bits per heavy atom. The van der Waals surface area contributed by atoms with Crippen molar-refractivity contribution in [2.45, 2.75) is 19.4 Å². The SMILES string of the molecule is CCC(Oc1ccc(/C=C/c2ccccn2)cc1)C(=O)O. The van der Waals surface area contributed by atoms with Gasteiger partial charge < -0.3 is 9.84 Å². The molecule has 1 aromatic heterocycles. The first-order valence-electron chi connectivity index (χ1n) is 6.77. The van der Waals surface area contributed by atoms with Gasteiger partial charge in [0.1, 0.15) is 5.75 Å². The van der Waals surface area contributed by atoms with Crippen LogP contribution in [0.1, 0.15) is 24.6 Å². The van der Waals surface area contributed by atoms with Crippen LogP contribution < -0.4 is 4.74 Å². The van der Waals surface area contributed by atoms with E-state index in [2.05, 4.69) is 4.98 Å². The Morgan fingerprint density at radius 1 is 1.24 bits per heavy atom. The molecule has 1 N–H and O–H groups in total. The predicted octanol–water partition coefficient (Wildman–Crippen LogP) is 3.49. The summed E-state index contributed by atoms with van der Waals surface area (Å²) in [5, 5.41) is 8.96. The van der Waals surface area contributed by atoms with Gasteiger partial charge >= 0.3 is 5.97 Å². The van der Waals surface area contributed by atoms with Crippen LogP contribution >= 0.6 is 0 Å². The van der Waals surface area contributed by atoms with E-state index >= 15 is 0 Å². The second-order valence-electron chi connectivity index (χ2n) is 4.51. The molecule has 108 valence electrons. The zero-order valence-corrected chi connectivity index (χ0v) is 11.8. The number of carbonyl (C=O) groups is 1. The van der Waals surface area contributed by atoms with E-state index in [0.717, 1.165) is 11.3 Å².